The maximum atomic E-state index is 12.4. The fourth-order valence-corrected chi connectivity index (χ4v) is 2.50. The molecule has 1 amide bonds. The summed E-state index contributed by atoms with van der Waals surface area (Å²) in [6.07, 6.45) is 4.97. The summed E-state index contributed by atoms with van der Waals surface area (Å²) in [5.41, 5.74) is 1.65. The van der Waals surface area contributed by atoms with Crippen LogP contribution in [0.2, 0.25) is 0 Å². The van der Waals surface area contributed by atoms with Crippen molar-refractivity contribution >= 4 is 5.91 Å². The molecule has 0 aliphatic carbocycles. The van der Waals surface area contributed by atoms with Crippen LogP contribution in [0.25, 0.3) is 0 Å². The zero-order chi connectivity index (χ0) is 13.7. The molecule has 104 valence electrons. The first-order valence-corrected chi connectivity index (χ1v) is 7.16. The number of likely N-dealkylation sites (tertiary alicyclic amines) is 1. The van der Waals surface area contributed by atoms with Crippen LogP contribution in [0.3, 0.4) is 0 Å². The summed E-state index contributed by atoms with van der Waals surface area (Å²) >= 11 is 0. The Labute approximate surface area is 115 Å². The number of amides is 1. The van der Waals surface area contributed by atoms with Gasteiger partial charge in [-0.2, -0.15) is 0 Å². The Kier molecular flexibility index (Phi) is 4.91. The van der Waals surface area contributed by atoms with Crippen molar-refractivity contribution in [2.45, 2.75) is 39.2 Å². The molecule has 0 aromatic carbocycles. The summed E-state index contributed by atoms with van der Waals surface area (Å²) in [5, 5.41) is 3.53. The molecule has 4 nitrogen and oxygen atoms in total. The molecule has 0 unspecified atom stereocenters. The SMILES string of the molecule is CCCNC1CCN(C(=O)c2ccnc(C)c2)CC1. The maximum Gasteiger partial charge on any atom is 0.253 e. The van der Waals surface area contributed by atoms with Gasteiger partial charge in [0.15, 0.2) is 0 Å². The summed E-state index contributed by atoms with van der Waals surface area (Å²) in [4.78, 5) is 18.4. The van der Waals surface area contributed by atoms with Crippen LogP contribution in [0.15, 0.2) is 18.3 Å². The smallest absolute Gasteiger partial charge is 0.253 e. The predicted octanol–water partition coefficient (Wildman–Crippen LogP) is 1.99. The average molecular weight is 261 g/mol. The average Bonchev–Trinajstić information content (AvgIpc) is 2.45. The van der Waals surface area contributed by atoms with Crippen molar-refractivity contribution in [1.82, 2.24) is 15.2 Å². The van der Waals surface area contributed by atoms with Gasteiger partial charge in [0, 0.05) is 36.6 Å². The molecule has 0 bridgehead atoms. The zero-order valence-electron chi connectivity index (χ0n) is 11.9. The normalized spacial score (nSPS) is 16.6. The van der Waals surface area contributed by atoms with E-state index in [2.05, 4.69) is 17.2 Å². The van der Waals surface area contributed by atoms with Gasteiger partial charge in [-0.25, -0.2) is 0 Å². The molecule has 0 atom stereocenters. The molecule has 0 spiro atoms. The maximum absolute atomic E-state index is 12.4. The van der Waals surface area contributed by atoms with E-state index >= 15 is 0 Å². The van der Waals surface area contributed by atoms with E-state index in [1.807, 2.05) is 17.9 Å². The molecule has 2 rings (SSSR count). The lowest BCUT2D eigenvalue weighted by Gasteiger charge is -2.32. The minimum atomic E-state index is 0.138. The number of hydrogen-bond acceptors (Lipinski definition) is 3. The fourth-order valence-electron chi connectivity index (χ4n) is 2.50. The summed E-state index contributed by atoms with van der Waals surface area (Å²) in [6, 6.07) is 4.24. The van der Waals surface area contributed by atoms with Crippen molar-refractivity contribution in [3.8, 4) is 0 Å². The van der Waals surface area contributed by atoms with E-state index in [0.717, 1.165) is 50.2 Å². The van der Waals surface area contributed by atoms with Gasteiger partial charge in [0.25, 0.3) is 5.91 Å². The van der Waals surface area contributed by atoms with Crippen LogP contribution in [0, 0.1) is 6.92 Å². The van der Waals surface area contributed by atoms with Crippen molar-refractivity contribution in [2.75, 3.05) is 19.6 Å². The Bertz CT molecular complexity index is 425. The third-order valence-electron chi connectivity index (χ3n) is 3.61. The second kappa shape index (κ2) is 6.66. The van der Waals surface area contributed by atoms with Crippen molar-refractivity contribution in [3.63, 3.8) is 0 Å². The highest BCUT2D eigenvalue weighted by molar-refractivity contribution is 5.94. The molecular weight excluding hydrogens is 238 g/mol. The van der Waals surface area contributed by atoms with Gasteiger partial charge < -0.3 is 10.2 Å². The Morgan fingerprint density at radius 2 is 2.21 bits per heavy atom. The molecular formula is C15H23N3O. The van der Waals surface area contributed by atoms with Crippen LogP contribution in [-0.2, 0) is 0 Å². The van der Waals surface area contributed by atoms with Crippen LogP contribution in [0.4, 0.5) is 0 Å². The first-order valence-electron chi connectivity index (χ1n) is 7.16. The molecule has 1 aromatic heterocycles. The highest BCUT2D eigenvalue weighted by atomic mass is 16.2. The minimum Gasteiger partial charge on any atom is -0.339 e. The number of rotatable bonds is 4. The molecule has 1 aliphatic heterocycles. The number of aryl methyl sites for hydroxylation is 1. The van der Waals surface area contributed by atoms with Crippen LogP contribution < -0.4 is 5.32 Å². The van der Waals surface area contributed by atoms with Gasteiger partial charge in [-0.05, 0) is 44.9 Å². The number of nitrogens with one attached hydrogen (secondary N) is 1. The lowest BCUT2D eigenvalue weighted by atomic mass is 10.0. The molecule has 0 radical (unpaired) electrons. The largest absolute Gasteiger partial charge is 0.339 e. The number of pyridine rings is 1. The molecule has 2 heterocycles. The van der Waals surface area contributed by atoms with Gasteiger partial charge in [-0.15, -0.1) is 0 Å². The van der Waals surface area contributed by atoms with Crippen molar-refractivity contribution in [2.24, 2.45) is 0 Å². The minimum absolute atomic E-state index is 0.138. The summed E-state index contributed by atoms with van der Waals surface area (Å²) in [6.45, 7) is 6.86. The molecule has 19 heavy (non-hydrogen) atoms. The number of hydrogen-bond donors (Lipinski definition) is 1. The van der Waals surface area contributed by atoms with E-state index in [4.69, 9.17) is 0 Å². The van der Waals surface area contributed by atoms with Crippen LogP contribution in [-0.4, -0.2) is 41.5 Å². The lowest BCUT2D eigenvalue weighted by Crippen LogP contribution is -2.45. The first-order chi connectivity index (χ1) is 9.20. The number of carbonyl (C=O) groups is 1. The van der Waals surface area contributed by atoms with Crippen LogP contribution >= 0.6 is 0 Å². The molecule has 1 N–H and O–H groups in total. The van der Waals surface area contributed by atoms with Gasteiger partial charge in [-0.3, -0.25) is 9.78 Å². The number of aromatic nitrogens is 1. The van der Waals surface area contributed by atoms with Gasteiger partial charge in [-0.1, -0.05) is 6.92 Å². The molecule has 1 aromatic rings. The van der Waals surface area contributed by atoms with Crippen molar-refractivity contribution < 1.29 is 4.79 Å². The first kappa shape index (κ1) is 14.0. The fraction of sp³-hybridized carbons (Fsp3) is 0.600. The van der Waals surface area contributed by atoms with E-state index < -0.39 is 0 Å². The number of nitrogens with zero attached hydrogens (tertiary/aromatic N) is 2. The number of piperidine rings is 1. The van der Waals surface area contributed by atoms with E-state index in [1.165, 1.54) is 0 Å². The van der Waals surface area contributed by atoms with Gasteiger partial charge in [0.1, 0.15) is 0 Å². The Morgan fingerprint density at radius 3 is 2.84 bits per heavy atom. The number of carbonyl (C=O) groups excluding carboxylic acids is 1. The molecule has 1 aliphatic rings. The third-order valence-corrected chi connectivity index (χ3v) is 3.61. The second-order valence-corrected chi connectivity index (χ2v) is 5.21. The van der Waals surface area contributed by atoms with Crippen molar-refractivity contribution in [3.05, 3.63) is 29.6 Å². The zero-order valence-corrected chi connectivity index (χ0v) is 11.9. The predicted molar refractivity (Wildman–Crippen MR) is 76.2 cm³/mol. The molecule has 1 saturated heterocycles. The standard InChI is InChI=1S/C15H23N3O/c1-3-7-17-14-5-9-18(10-6-14)15(19)13-4-8-16-12(2)11-13/h4,8,11,14,17H,3,5-7,9-10H2,1-2H3. The summed E-state index contributed by atoms with van der Waals surface area (Å²) < 4.78 is 0. The summed E-state index contributed by atoms with van der Waals surface area (Å²) in [7, 11) is 0. The topological polar surface area (TPSA) is 45.2 Å². The van der Waals surface area contributed by atoms with E-state index in [9.17, 15) is 4.79 Å². The highest BCUT2D eigenvalue weighted by Gasteiger charge is 2.23. The van der Waals surface area contributed by atoms with Gasteiger partial charge in [0.2, 0.25) is 0 Å². The Balaban J connectivity index is 1.89. The van der Waals surface area contributed by atoms with Crippen LogP contribution in [0.1, 0.15) is 42.2 Å². The van der Waals surface area contributed by atoms with E-state index in [1.54, 1.807) is 12.3 Å². The van der Waals surface area contributed by atoms with Crippen LogP contribution in [0.5, 0.6) is 0 Å². The molecule has 4 heteroatoms. The quantitative estimate of drug-likeness (QED) is 0.901. The van der Waals surface area contributed by atoms with E-state index in [0.29, 0.717) is 6.04 Å². The lowest BCUT2D eigenvalue weighted by molar-refractivity contribution is 0.0705. The van der Waals surface area contributed by atoms with E-state index in [-0.39, 0.29) is 5.91 Å². The highest BCUT2D eigenvalue weighted by Crippen LogP contribution is 2.14. The molecule has 0 saturated carbocycles. The molecule has 1 fully saturated rings. The van der Waals surface area contributed by atoms with Gasteiger partial charge >= 0.3 is 0 Å². The summed E-state index contributed by atoms with van der Waals surface area (Å²) in [5.74, 6) is 0.138. The Hall–Kier alpha value is -1.42. The third kappa shape index (κ3) is 3.77. The van der Waals surface area contributed by atoms with Crippen molar-refractivity contribution in [1.29, 1.82) is 0 Å². The Morgan fingerprint density at radius 1 is 1.47 bits per heavy atom. The van der Waals surface area contributed by atoms with Gasteiger partial charge in [0.05, 0.1) is 0 Å². The monoisotopic (exact) mass is 261 g/mol. The second-order valence-electron chi connectivity index (χ2n) is 5.21.